The van der Waals surface area contributed by atoms with Crippen LogP contribution in [0.2, 0.25) is 0 Å². The molecule has 1 atom stereocenters. The van der Waals surface area contributed by atoms with Gasteiger partial charge in [0.25, 0.3) is 5.91 Å². The van der Waals surface area contributed by atoms with E-state index in [0.29, 0.717) is 41.5 Å². The molecular weight excluding hydrogens is 437 g/mol. The monoisotopic (exact) mass is 459 g/mol. The van der Waals surface area contributed by atoms with Crippen LogP contribution in [-0.4, -0.2) is 70.6 Å². The molecule has 1 aromatic carbocycles. The highest BCUT2D eigenvalue weighted by molar-refractivity contribution is 7.18. The summed E-state index contributed by atoms with van der Waals surface area (Å²) in [4.78, 5) is 33.4. The maximum Gasteiger partial charge on any atom is 0.327 e. The van der Waals surface area contributed by atoms with Crippen molar-refractivity contribution in [2.24, 2.45) is 0 Å². The molecule has 0 saturated carbocycles. The molecule has 3 aromatic rings. The lowest BCUT2D eigenvalue weighted by Crippen LogP contribution is -2.44. The van der Waals surface area contributed by atoms with Gasteiger partial charge in [0.2, 0.25) is 5.95 Å². The van der Waals surface area contributed by atoms with Gasteiger partial charge in [-0.05, 0) is 25.1 Å². The van der Waals surface area contributed by atoms with Crippen molar-refractivity contribution >= 4 is 28.3 Å². The molecule has 2 aromatic heterocycles. The molecule has 32 heavy (non-hydrogen) atoms. The first-order chi connectivity index (χ1) is 15.3. The van der Waals surface area contributed by atoms with Crippen LogP contribution < -0.4 is 15.4 Å². The molecule has 1 fully saturated rings. The van der Waals surface area contributed by atoms with Gasteiger partial charge in [0.1, 0.15) is 0 Å². The van der Waals surface area contributed by atoms with Gasteiger partial charge in [-0.2, -0.15) is 15.0 Å². The summed E-state index contributed by atoms with van der Waals surface area (Å²) in [6, 6.07) is 3.93. The van der Waals surface area contributed by atoms with Crippen LogP contribution in [0.25, 0.3) is 10.7 Å². The Labute approximate surface area is 187 Å². The highest BCUT2D eigenvalue weighted by Gasteiger charge is 2.24. The Morgan fingerprint density at radius 1 is 1.34 bits per heavy atom. The molecule has 1 saturated heterocycles. The fourth-order valence-corrected chi connectivity index (χ4v) is 3.74. The molecular formula is C20H22FN7O3S. The van der Waals surface area contributed by atoms with Crippen molar-refractivity contribution in [2.45, 2.75) is 13.0 Å². The zero-order valence-corrected chi connectivity index (χ0v) is 18.6. The minimum absolute atomic E-state index is 0.0337. The van der Waals surface area contributed by atoms with Crippen LogP contribution in [0.5, 0.6) is 11.8 Å². The summed E-state index contributed by atoms with van der Waals surface area (Å²) in [5.41, 5.74) is 5.97. The van der Waals surface area contributed by atoms with Crippen LogP contribution in [0.3, 0.4) is 0 Å². The van der Waals surface area contributed by atoms with Gasteiger partial charge in [-0.25, -0.2) is 9.37 Å². The number of carbonyl (C=O) groups excluding carboxylic acids is 1. The highest BCUT2D eigenvalue weighted by atomic mass is 32.1. The molecule has 0 radical (unpaired) electrons. The fourth-order valence-electron chi connectivity index (χ4n) is 3.12. The number of thiazole rings is 1. The number of nitrogens with zero attached hydrogens (tertiary/aromatic N) is 6. The van der Waals surface area contributed by atoms with Crippen LogP contribution >= 0.6 is 11.3 Å². The predicted octanol–water partition coefficient (Wildman–Crippen LogP) is 2.44. The maximum atomic E-state index is 14.7. The van der Waals surface area contributed by atoms with Gasteiger partial charge < -0.3 is 25.0 Å². The lowest BCUT2D eigenvalue weighted by Gasteiger charge is -2.33. The molecule has 168 valence electrons. The Kier molecular flexibility index (Phi) is 6.15. The number of aromatic nitrogens is 4. The van der Waals surface area contributed by atoms with E-state index in [1.807, 2.05) is 11.8 Å². The number of ether oxygens (including phenoxy) is 2. The third-order valence-corrected chi connectivity index (χ3v) is 5.58. The van der Waals surface area contributed by atoms with Gasteiger partial charge >= 0.3 is 6.01 Å². The molecule has 3 heterocycles. The van der Waals surface area contributed by atoms with E-state index in [1.165, 1.54) is 28.4 Å². The summed E-state index contributed by atoms with van der Waals surface area (Å²) in [5, 5.41) is 0.372. The number of hydrogen-bond donors (Lipinski definition) is 1. The smallest absolute Gasteiger partial charge is 0.327 e. The fraction of sp³-hybridized carbons (Fsp3) is 0.350. The van der Waals surface area contributed by atoms with Crippen LogP contribution in [0.4, 0.5) is 15.5 Å². The normalized spacial score (nSPS) is 16.1. The van der Waals surface area contributed by atoms with E-state index < -0.39 is 5.82 Å². The summed E-state index contributed by atoms with van der Waals surface area (Å²) in [6.07, 6.45) is 1.56. The first-order valence-corrected chi connectivity index (χ1v) is 10.6. The SMILES string of the molecule is C[C@@H]1COCCN1c1nc(Oc2ccc(C(=O)N(C)C)cc2F)nc(-c2cnc(N)s2)n1. The quantitative estimate of drug-likeness (QED) is 0.613. The highest BCUT2D eigenvalue weighted by Crippen LogP contribution is 2.30. The van der Waals surface area contributed by atoms with Gasteiger partial charge in [0.15, 0.2) is 22.5 Å². The molecule has 1 amide bonds. The average molecular weight is 460 g/mol. The van der Waals surface area contributed by atoms with Crippen molar-refractivity contribution in [3.05, 3.63) is 35.8 Å². The molecule has 10 nitrogen and oxygen atoms in total. The summed E-state index contributed by atoms with van der Waals surface area (Å²) in [6.45, 7) is 3.64. The van der Waals surface area contributed by atoms with E-state index in [9.17, 15) is 9.18 Å². The van der Waals surface area contributed by atoms with Crippen molar-refractivity contribution in [3.8, 4) is 22.5 Å². The summed E-state index contributed by atoms with van der Waals surface area (Å²) in [7, 11) is 3.19. The zero-order valence-electron chi connectivity index (χ0n) is 17.8. The maximum absolute atomic E-state index is 14.7. The van der Waals surface area contributed by atoms with Gasteiger partial charge in [-0.3, -0.25) is 4.79 Å². The number of benzene rings is 1. The van der Waals surface area contributed by atoms with E-state index in [0.717, 1.165) is 6.07 Å². The standard InChI is InChI=1S/C20H22FN7O3S/c1-11-10-30-7-6-28(11)19-24-16(15-9-23-18(22)32-15)25-20(26-19)31-14-5-4-12(8-13(14)21)17(29)27(2)3/h4-5,8-9,11H,6-7,10H2,1-3H3,(H2,22,23)/t11-/m1/s1. The Morgan fingerprint density at radius 2 is 2.16 bits per heavy atom. The molecule has 0 unspecified atom stereocenters. The van der Waals surface area contributed by atoms with Crippen molar-refractivity contribution < 1.29 is 18.7 Å². The van der Waals surface area contributed by atoms with E-state index in [4.69, 9.17) is 15.2 Å². The number of hydrogen-bond acceptors (Lipinski definition) is 10. The topological polar surface area (TPSA) is 120 Å². The first-order valence-electron chi connectivity index (χ1n) is 9.83. The summed E-state index contributed by atoms with van der Waals surface area (Å²) >= 11 is 1.22. The number of halogens is 1. The van der Waals surface area contributed by atoms with Crippen molar-refractivity contribution in [1.82, 2.24) is 24.8 Å². The molecule has 12 heteroatoms. The van der Waals surface area contributed by atoms with Gasteiger partial charge in [0, 0.05) is 26.2 Å². The third-order valence-electron chi connectivity index (χ3n) is 4.76. The molecule has 1 aliphatic heterocycles. The zero-order chi connectivity index (χ0) is 22.8. The number of morpholine rings is 1. The van der Waals surface area contributed by atoms with Gasteiger partial charge in [-0.1, -0.05) is 11.3 Å². The Morgan fingerprint density at radius 3 is 2.81 bits per heavy atom. The molecule has 2 N–H and O–H groups in total. The third kappa shape index (κ3) is 4.60. The van der Waals surface area contributed by atoms with E-state index in [1.54, 1.807) is 20.3 Å². The van der Waals surface area contributed by atoms with Gasteiger partial charge in [-0.15, -0.1) is 0 Å². The minimum atomic E-state index is -0.706. The Hall–Kier alpha value is -3.38. The first kappa shape index (κ1) is 21.8. The van der Waals surface area contributed by atoms with E-state index in [2.05, 4.69) is 19.9 Å². The summed E-state index contributed by atoms with van der Waals surface area (Å²) in [5.74, 6) is -0.431. The molecule has 4 rings (SSSR count). The van der Waals surface area contributed by atoms with Crippen molar-refractivity contribution in [3.63, 3.8) is 0 Å². The van der Waals surface area contributed by atoms with Crippen molar-refractivity contribution in [2.75, 3.05) is 44.5 Å². The lowest BCUT2D eigenvalue weighted by atomic mass is 10.2. The minimum Gasteiger partial charge on any atom is -0.421 e. The van der Waals surface area contributed by atoms with Crippen LogP contribution in [0.1, 0.15) is 17.3 Å². The second-order valence-electron chi connectivity index (χ2n) is 7.37. The van der Waals surface area contributed by atoms with Crippen LogP contribution in [0.15, 0.2) is 24.4 Å². The predicted molar refractivity (Wildman–Crippen MR) is 117 cm³/mol. The van der Waals surface area contributed by atoms with Gasteiger partial charge in [0.05, 0.1) is 30.3 Å². The number of rotatable bonds is 5. The number of anilines is 2. The molecule has 0 aliphatic carbocycles. The molecule has 0 spiro atoms. The Bertz CT molecular complexity index is 1140. The lowest BCUT2D eigenvalue weighted by molar-refractivity contribution is 0.0827. The molecule has 0 bridgehead atoms. The van der Waals surface area contributed by atoms with Crippen molar-refractivity contribution in [1.29, 1.82) is 0 Å². The number of amides is 1. The number of nitrogen functional groups attached to an aromatic ring is 1. The van der Waals surface area contributed by atoms with E-state index >= 15 is 0 Å². The van der Waals surface area contributed by atoms with E-state index in [-0.39, 0.29) is 29.3 Å². The number of carbonyl (C=O) groups is 1. The van der Waals surface area contributed by atoms with Crippen LogP contribution in [0, 0.1) is 5.82 Å². The largest absolute Gasteiger partial charge is 0.421 e. The Balaban J connectivity index is 1.70. The second-order valence-corrected chi connectivity index (χ2v) is 8.43. The van der Waals surface area contributed by atoms with Crippen LogP contribution in [-0.2, 0) is 4.74 Å². The number of nitrogens with two attached hydrogens (primary N) is 1. The summed E-state index contributed by atoms with van der Waals surface area (Å²) < 4.78 is 25.8. The average Bonchev–Trinajstić information content (AvgIpc) is 3.21. The molecule has 1 aliphatic rings. The second kappa shape index (κ2) is 9.01.